The molecular weight excluding hydrogens is 494 g/mol. The second-order valence-corrected chi connectivity index (χ2v) is 8.14. The maximum atomic E-state index is 12.6. The Balaban J connectivity index is 0.000000255. The van der Waals surface area contributed by atoms with Crippen LogP contribution in [0.15, 0.2) is 48.5 Å². The number of esters is 1. The number of amides is 1. The fourth-order valence-corrected chi connectivity index (χ4v) is 3.72. The van der Waals surface area contributed by atoms with Crippen LogP contribution in [0, 0.1) is 0 Å². The van der Waals surface area contributed by atoms with Crippen LogP contribution in [0.5, 0.6) is 0 Å². The molecule has 12 heteroatoms. The third-order valence-electron chi connectivity index (χ3n) is 5.58. The fourth-order valence-electron chi connectivity index (χ4n) is 3.72. The van der Waals surface area contributed by atoms with E-state index in [2.05, 4.69) is 0 Å². The Bertz CT molecular complexity index is 1030. The summed E-state index contributed by atoms with van der Waals surface area (Å²) in [5.74, 6) is 3.44. The number of ether oxygens (including phenoxy) is 1. The predicted octanol–water partition coefficient (Wildman–Crippen LogP) is 4.68. The van der Waals surface area contributed by atoms with Crippen LogP contribution >= 0.6 is 0 Å². The van der Waals surface area contributed by atoms with E-state index in [0.29, 0.717) is 17.5 Å². The van der Waals surface area contributed by atoms with Crippen LogP contribution in [0.4, 0.5) is 26.3 Å². The lowest BCUT2D eigenvalue weighted by Gasteiger charge is -2.22. The largest absolute Gasteiger partial charge is 0.466 e. The lowest BCUT2D eigenvalue weighted by atomic mass is 9.90. The molecule has 2 atom stereocenters. The van der Waals surface area contributed by atoms with E-state index in [1.807, 2.05) is 5.43 Å². The van der Waals surface area contributed by atoms with Crippen LogP contribution in [0.25, 0.3) is 0 Å². The standard InChI is InChI=1S/C12H15F3N2O2.C12H11F3O2/c13-12(14,15)10-3-1-2-8(6-10)9(4-5-18)7-11(19)17-16;13-12(14,15)10-3-1-2-8(6-10)9-4-5-17-11(16)7-9/h1-3,6,9,18H,4-5,7,16H2,(H,17,19);1-3,6,9H,4-5,7H2. The minimum atomic E-state index is -4.43. The Labute approximate surface area is 203 Å². The summed E-state index contributed by atoms with van der Waals surface area (Å²) < 4.78 is 80.1. The van der Waals surface area contributed by atoms with Gasteiger partial charge in [-0.25, -0.2) is 5.84 Å². The summed E-state index contributed by atoms with van der Waals surface area (Å²) in [5, 5.41) is 8.93. The molecule has 3 rings (SSSR count). The average molecular weight is 520 g/mol. The number of nitrogens with two attached hydrogens (primary N) is 1. The van der Waals surface area contributed by atoms with Gasteiger partial charge in [-0.05, 0) is 47.9 Å². The van der Waals surface area contributed by atoms with Gasteiger partial charge in [0.1, 0.15) is 0 Å². The van der Waals surface area contributed by atoms with E-state index < -0.39 is 35.3 Å². The molecule has 0 bridgehead atoms. The van der Waals surface area contributed by atoms with Crippen molar-refractivity contribution < 1.29 is 45.8 Å². The number of hydrogen-bond donors (Lipinski definition) is 3. The van der Waals surface area contributed by atoms with Gasteiger partial charge in [0.05, 0.1) is 24.2 Å². The maximum Gasteiger partial charge on any atom is 0.416 e. The zero-order valence-electron chi connectivity index (χ0n) is 19.0. The first kappa shape index (κ1) is 29.1. The first-order valence-corrected chi connectivity index (χ1v) is 11.0. The Morgan fingerprint density at radius 2 is 1.67 bits per heavy atom. The number of carbonyl (C=O) groups excluding carboxylic acids is 2. The molecule has 1 saturated heterocycles. The maximum absolute atomic E-state index is 12.6. The van der Waals surface area contributed by atoms with Gasteiger partial charge >= 0.3 is 18.3 Å². The molecule has 6 nitrogen and oxygen atoms in total. The minimum absolute atomic E-state index is 0.0711. The monoisotopic (exact) mass is 520 g/mol. The van der Waals surface area contributed by atoms with E-state index in [1.54, 1.807) is 6.07 Å². The van der Waals surface area contributed by atoms with E-state index in [-0.39, 0.29) is 44.4 Å². The van der Waals surface area contributed by atoms with Crippen LogP contribution in [0.2, 0.25) is 0 Å². The highest BCUT2D eigenvalue weighted by molar-refractivity contribution is 5.76. The van der Waals surface area contributed by atoms with Crippen molar-refractivity contribution in [2.24, 2.45) is 5.84 Å². The van der Waals surface area contributed by atoms with Gasteiger partial charge in [-0.1, -0.05) is 36.4 Å². The molecule has 0 spiro atoms. The Hall–Kier alpha value is -3.12. The lowest BCUT2D eigenvalue weighted by Crippen LogP contribution is -2.31. The number of cyclic esters (lactones) is 1. The molecule has 2 unspecified atom stereocenters. The van der Waals surface area contributed by atoms with Gasteiger partial charge in [0, 0.05) is 13.0 Å². The van der Waals surface area contributed by atoms with Gasteiger partial charge in [-0.15, -0.1) is 0 Å². The molecule has 0 saturated carbocycles. The number of nitrogens with one attached hydrogen (secondary N) is 1. The number of aliphatic hydroxyl groups is 1. The number of hydrazine groups is 1. The number of benzene rings is 2. The second-order valence-electron chi connectivity index (χ2n) is 8.14. The topological polar surface area (TPSA) is 102 Å². The van der Waals surface area contributed by atoms with Crippen LogP contribution in [0.3, 0.4) is 0 Å². The van der Waals surface area contributed by atoms with E-state index >= 15 is 0 Å². The zero-order valence-corrected chi connectivity index (χ0v) is 19.0. The molecule has 2 aromatic rings. The first-order chi connectivity index (χ1) is 16.8. The van der Waals surface area contributed by atoms with Gasteiger partial charge in [0.25, 0.3) is 0 Å². The number of hydrogen-bond acceptors (Lipinski definition) is 5. The van der Waals surface area contributed by atoms with Crippen LogP contribution in [0.1, 0.15) is 59.8 Å². The summed E-state index contributed by atoms with van der Waals surface area (Å²) in [6.07, 6.45) is -7.93. The van der Waals surface area contributed by atoms with E-state index in [4.69, 9.17) is 15.7 Å². The molecule has 1 aliphatic rings. The van der Waals surface area contributed by atoms with E-state index in [1.165, 1.54) is 18.2 Å². The van der Waals surface area contributed by atoms with Crippen LogP contribution < -0.4 is 11.3 Å². The molecule has 198 valence electrons. The predicted molar refractivity (Wildman–Crippen MR) is 117 cm³/mol. The van der Waals surface area contributed by atoms with Crippen molar-refractivity contribution in [1.29, 1.82) is 0 Å². The smallest absolute Gasteiger partial charge is 0.416 e. The molecule has 36 heavy (non-hydrogen) atoms. The summed E-state index contributed by atoms with van der Waals surface area (Å²) in [6.45, 7) is 0.0541. The summed E-state index contributed by atoms with van der Waals surface area (Å²) in [6, 6.07) is 9.87. The molecule has 1 aliphatic heterocycles. The summed E-state index contributed by atoms with van der Waals surface area (Å²) in [5.41, 5.74) is 1.38. The van der Waals surface area contributed by atoms with Crippen molar-refractivity contribution in [3.05, 3.63) is 70.8 Å². The molecule has 1 amide bonds. The third-order valence-corrected chi connectivity index (χ3v) is 5.58. The van der Waals surface area contributed by atoms with Gasteiger partial charge in [0.15, 0.2) is 0 Å². The third kappa shape index (κ3) is 8.83. The Morgan fingerprint density at radius 3 is 2.22 bits per heavy atom. The summed E-state index contributed by atoms with van der Waals surface area (Å²) >= 11 is 0. The highest BCUT2D eigenvalue weighted by Crippen LogP contribution is 2.34. The molecule has 0 radical (unpaired) electrons. The van der Waals surface area contributed by atoms with Gasteiger partial charge < -0.3 is 9.84 Å². The second kappa shape index (κ2) is 12.7. The quantitative estimate of drug-likeness (QED) is 0.169. The fraction of sp³-hybridized carbons (Fsp3) is 0.417. The molecule has 0 aliphatic carbocycles. The molecule has 4 N–H and O–H groups in total. The zero-order chi connectivity index (χ0) is 26.9. The highest BCUT2D eigenvalue weighted by atomic mass is 19.4. The van der Waals surface area contributed by atoms with Crippen LogP contribution in [-0.4, -0.2) is 30.2 Å². The summed E-state index contributed by atoms with van der Waals surface area (Å²) in [7, 11) is 0. The van der Waals surface area contributed by atoms with Gasteiger partial charge in [0.2, 0.25) is 5.91 Å². The van der Waals surface area contributed by atoms with Crippen LogP contribution in [-0.2, 0) is 26.7 Å². The van der Waals surface area contributed by atoms with Crippen molar-refractivity contribution in [2.45, 2.75) is 49.9 Å². The molecule has 0 aromatic heterocycles. The molecular formula is C24H26F6N2O4. The summed E-state index contributed by atoms with van der Waals surface area (Å²) in [4.78, 5) is 22.3. The van der Waals surface area contributed by atoms with Crippen molar-refractivity contribution >= 4 is 11.9 Å². The molecule has 1 fully saturated rings. The number of alkyl halides is 6. The first-order valence-electron chi connectivity index (χ1n) is 11.0. The van der Waals surface area contributed by atoms with Crippen molar-refractivity contribution in [3.63, 3.8) is 0 Å². The number of carbonyl (C=O) groups is 2. The average Bonchev–Trinajstić information content (AvgIpc) is 2.83. The molecule has 1 heterocycles. The number of halogens is 6. The normalized spacial score (nSPS) is 16.9. The van der Waals surface area contributed by atoms with Crippen molar-refractivity contribution in [3.8, 4) is 0 Å². The molecule has 2 aromatic carbocycles. The Morgan fingerprint density at radius 1 is 1.06 bits per heavy atom. The van der Waals surface area contributed by atoms with Gasteiger partial charge in [-0.3, -0.25) is 15.0 Å². The van der Waals surface area contributed by atoms with Crippen molar-refractivity contribution in [2.75, 3.05) is 13.2 Å². The van der Waals surface area contributed by atoms with E-state index in [9.17, 15) is 35.9 Å². The number of rotatable bonds is 6. The van der Waals surface area contributed by atoms with Gasteiger partial charge in [-0.2, -0.15) is 26.3 Å². The SMILES string of the molecule is NNC(=O)CC(CCO)c1cccc(C(F)(F)F)c1.O=C1CC(c2cccc(C(F)(F)F)c2)CCO1. The Kier molecular flexibility index (Phi) is 10.3. The van der Waals surface area contributed by atoms with E-state index in [0.717, 1.165) is 24.3 Å². The lowest BCUT2D eigenvalue weighted by molar-refractivity contribution is -0.147. The van der Waals surface area contributed by atoms with Crippen molar-refractivity contribution in [1.82, 2.24) is 5.43 Å². The number of aliphatic hydroxyl groups excluding tert-OH is 1. The highest BCUT2D eigenvalue weighted by Gasteiger charge is 2.32. The minimum Gasteiger partial charge on any atom is -0.466 e.